The molecule has 0 unspecified atom stereocenters. The molecule has 0 aromatic heterocycles. The Labute approximate surface area is 171 Å². The molecule has 0 aliphatic heterocycles. The lowest BCUT2D eigenvalue weighted by Gasteiger charge is -2.27. The molecule has 8 nitrogen and oxygen atoms in total. The van der Waals surface area contributed by atoms with Crippen LogP contribution in [0.4, 0.5) is 5.69 Å². The average Bonchev–Trinajstić information content (AvgIpc) is 2.69. The molecule has 2 rings (SSSR count). The summed E-state index contributed by atoms with van der Waals surface area (Å²) in [5.41, 5.74) is 3.50. The van der Waals surface area contributed by atoms with E-state index >= 15 is 0 Å². The third-order valence-electron chi connectivity index (χ3n) is 3.99. The Balaban J connectivity index is 2.12. The van der Waals surface area contributed by atoms with Crippen LogP contribution in [0.2, 0.25) is 0 Å². The molecule has 0 aliphatic carbocycles. The molecule has 0 saturated heterocycles. The highest BCUT2D eigenvalue weighted by atomic mass is 32.2. The van der Waals surface area contributed by atoms with Gasteiger partial charge in [-0.2, -0.15) is 5.10 Å². The van der Waals surface area contributed by atoms with Gasteiger partial charge in [0.15, 0.2) is 0 Å². The number of sulfonamides is 1. The van der Waals surface area contributed by atoms with E-state index in [1.807, 2.05) is 6.92 Å². The van der Waals surface area contributed by atoms with Crippen molar-refractivity contribution in [2.75, 3.05) is 24.3 Å². The summed E-state index contributed by atoms with van der Waals surface area (Å²) in [6.07, 6.45) is 2.51. The second kappa shape index (κ2) is 9.92. The Kier molecular flexibility index (Phi) is 7.60. The van der Waals surface area contributed by atoms with E-state index in [2.05, 4.69) is 10.5 Å². The number of hydrogen-bond acceptors (Lipinski definition) is 6. The number of nitrogens with zero attached hydrogens (tertiary/aromatic N) is 2. The van der Waals surface area contributed by atoms with Gasteiger partial charge in [-0.1, -0.05) is 0 Å². The predicted octanol–water partition coefficient (Wildman–Crippen LogP) is 2.40. The van der Waals surface area contributed by atoms with Gasteiger partial charge in [0, 0.05) is 0 Å². The van der Waals surface area contributed by atoms with Gasteiger partial charge in [0.1, 0.15) is 17.5 Å². The smallest absolute Gasteiger partial charge is 0.263 e. The van der Waals surface area contributed by atoms with E-state index in [9.17, 15) is 13.2 Å². The second-order valence-electron chi connectivity index (χ2n) is 6.17. The minimum absolute atomic E-state index is 0.359. The molecule has 156 valence electrons. The fourth-order valence-electron chi connectivity index (χ4n) is 2.62. The highest BCUT2D eigenvalue weighted by Gasteiger charge is 2.29. The minimum atomic E-state index is -3.71. The number of carbonyl (C=O) groups is 1. The van der Waals surface area contributed by atoms with Gasteiger partial charge in [0.25, 0.3) is 5.91 Å². The molecule has 0 spiro atoms. The number of methoxy groups -OCH3 is 1. The van der Waals surface area contributed by atoms with E-state index in [0.717, 1.165) is 16.1 Å². The summed E-state index contributed by atoms with van der Waals surface area (Å²) in [6, 6.07) is 12.6. The quantitative estimate of drug-likeness (QED) is 0.497. The van der Waals surface area contributed by atoms with Gasteiger partial charge in [-0.05, 0) is 67.9 Å². The van der Waals surface area contributed by atoms with Crippen molar-refractivity contribution >= 4 is 27.8 Å². The summed E-state index contributed by atoms with van der Waals surface area (Å²) in [4.78, 5) is 12.5. The Morgan fingerprint density at radius 1 is 1.14 bits per heavy atom. The first-order chi connectivity index (χ1) is 13.8. The highest BCUT2D eigenvalue weighted by molar-refractivity contribution is 7.92. The lowest BCUT2D eigenvalue weighted by Crippen LogP contribution is -2.46. The molecular formula is C20H25N3O5S. The first-order valence-electron chi connectivity index (χ1n) is 8.95. The van der Waals surface area contributed by atoms with Crippen molar-refractivity contribution in [3.8, 4) is 11.5 Å². The van der Waals surface area contributed by atoms with Crippen LogP contribution in [0.15, 0.2) is 53.6 Å². The summed E-state index contributed by atoms with van der Waals surface area (Å²) >= 11 is 0. The highest BCUT2D eigenvalue weighted by Crippen LogP contribution is 2.24. The monoisotopic (exact) mass is 419 g/mol. The van der Waals surface area contributed by atoms with E-state index in [-0.39, 0.29) is 0 Å². The molecule has 0 aliphatic rings. The van der Waals surface area contributed by atoms with Crippen molar-refractivity contribution in [2.45, 2.75) is 19.9 Å². The summed E-state index contributed by atoms with van der Waals surface area (Å²) in [5.74, 6) is 0.763. The molecule has 0 heterocycles. The lowest BCUT2D eigenvalue weighted by molar-refractivity contribution is -0.121. The number of rotatable bonds is 9. The van der Waals surface area contributed by atoms with Crippen LogP contribution in [0, 0.1) is 0 Å². The van der Waals surface area contributed by atoms with Crippen LogP contribution < -0.4 is 19.2 Å². The summed E-state index contributed by atoms with van der Waals surface area (Å²) < 4.78 is 36.1. The Bertz CT molecular complexity index is 941. The average molecular weight is 420 g/mol. The van der Waals surface area contributed by atoms with Gasteiger partial charge in [-0.15, -0.1) is 0 Å². The van der Waals surface area contributed by atoms with Crippen molar-refractivity contribution in [1.82, 2.24) is 5.43 Å². The van der Waals surface area contributed by atoms with Crippen LogP contribution in [0.3, 0.4) is 0 Å². The maximum atomic E-state index is 12.5. The van der Waals surface area contributed by atoms with Crippen LogP contribution in [0.25, 0.3) is 0 Å². The van der Waals surface area contributed by atoms with Gasteiger partial charge in [0.2, 0.25) is 10.0 Å². The zero-order valence-corrected chi connectivity index (χ0v) is 17.6. The van der Waals surface area contributed by atoms with E-state index in [1.165, 1.54) is 13.1 Å². The minimum Gasteiger partial charge on any atom is -0.497 e. The molecule has 1 amide bonds. The summed E-state index contributed by atoms with van der Waals surface area (Å²) in [5, 5.41) is 3.91. The van der Waals surface area contributed by atoms with E-state index in [0.29, 0.717) is 23.8 Å². The van der Waals surface area contributed by atoms with E-state index in [1.54, 1.807) is 55.6 Å². The largest absolute Gasteiger partial charge is 0.497 e. The first-order valence-corrected chi connectivity index (χ1v) is 10.8. The van der Waals surface area contributed by atoms with Gasteiger partial charge in [-0.3, -0.25) is 9.10 Å². The number of nitrogens with one attached hydrogen (secondary N) is 1. The molecule has 0 bridgehead atoms. The molecule has 1 atom stereocenters. The van der Waals surface area contributed by atoms with Crippen molar-refractivity contribution in [3.63, 3.8) is 0 Å². The number of hydrazone groups is 1. The van der Waals surface area contributed by atoms with Crippen LogP contribution >= 0.6 is 0 Å². The third-order valence-corrected chi connectivity index (χ3v) is 5.24. The first kappa shape index (κ1) is 22.2. The number of carbonyl (C=O) groups excluding carboxylic acids is 1. The molecular weight excluding hydrogens is 394 g/mol. The number of ether oxygens (including phenoxy) is 2. The van der Waals surface area contributed by atoms with Crippen molar-refractivity contribution in [3.05, 3.63) is 54.1 Å². The predicted molar refractivity (Wildman–Crippen MR) is 113 cm³/mol. The summed E-state index contributed by atoms with van der Waals surface area (Å²) in [6.45, 7) is 3.85. The van der Waals surface area contributed by atoms with Crippen LogP contribution in [-0.4, -0.2) is 46.6 Å². The molecule has 0 fully saturated rings. The molecule has 0 radical (unpaired) electrons. The molecule has 1 N–H and O–H groups in total. The van der Waals surface area contributed by atoms with Crippen LogP contribution in [-0.2, 0) is 14.8 Å². The molecule has 2 aromatic rings. The van der Waals surface area contributed by atoms with E-state index < -0.39 is 22.0 Å². The van der Waals surface area contributed by atoms with Gasteiger partial charge < -0.3 is 9.47 Å². The maximum Gasteiger partial charge on any atom is 0.263 e. The number of amides is 1. The Hall–Kier alpha value is -3.07. The Morgan fingerprint density at radius 2 is 1.72 bits per heavy atom. The maximum absolute atomic E-state index is 12.5. The fourth-order valence-corrected chi connectivity index (χ4v) is 3.79. The normalized spacial score (nSPS) is 12.4. The standard InChI is InChI=1S/C20H25N3O5S/c1-5-28-19-12-8-17(9-13-19)23(29(4,25)26)15(2)20(24)22-21-14-16-6-10-18(27-3)11-7-16/h6-15H,5H2,1-4H3,(H,22,24)/b21-14-/t15-/m1/s1. The van der Waals surface area contributed by atoms with Crippen LogP contribution in [0.5, 0.6) is 11.5 Å². The molecule has 9 heteroatoms. The molecule has 0 saturated carbocycles. The summed E-state index contributed by atoms with van der Waals surface area (Å²) in [7, 11) is -2.13. The van der Waals surface area contributed by atoms with Crippen molar-refractivity contribution < 1.29 is 22.7 Å². The number of anilines is 1. The topological polar surface area (TPSA) is 97.3 Å². The number of benzene rings is 2. The van der Waals surface area contributed by atoms with Crippen molar-refractivity contribution in [2.24, 2.45) is 5.10 Å². The lowest BCUT2D eigenvalue weighted by atomic mass is 10.2. The van der Waals surface area contributed by atoms with Gasteiger partial charge >= 0.3 is 0 Å². The Morgan fingerprint density at radius 3 is 2.24 bits per heavy atom. The van der Waals surface area contributed by atoms with Gasteiger partial charge in [0.05, 0.1) is 31.9 Å². The zero-order valence-electron chi connectivity index (χ0n) is 16.8. The van der Waals surface area contributed by atoms with Gasteiger partial charge in [-0.25, -0.2) is 13.8 Å². The van der Waals surface area contributed by atoms with Crippen molar-refractivity contribution in [1.29, 1.82) is 0 Å². The fraction of sp³-hybridized carbons (Fsp3) is 0.300. The molecule has 2 aromatic carbocycles. The van der Waals surface area contributed by atoms with Crippen LogP contribution in [0.1, 0.15) is 19.4 Å². The van der Waals surface area contributed by atoms with E-state index in [4.69, 9.17) is 9.47 Å². The number of hydrogen-bond donors (Lipinski definition) is 1. The molecule has 29 heavy (non-hydrogen) atoms. The SMILES string of the molecule is CCOc1ccc(N([C@H](C)C(=O)N/N=C\c2ccc(OC)cc2)S(C)(=O)=O)cc1. The third kappa shape index (κ3) is 6.21. The zero-order chi connectivity index (χ0) is 21.4. The second-order valence-corrected chi connectivity index (χ2v) is 8.03.